The topological polar surface area (TPSA) is 88.4 Å². The molecule has 8 heteroatoms. The second-order valence-electron chi connectivity index (χ2n) is 6.51. The highest BCUT2D eigenvalue weighted by atomic mass is 32.2. The number of aryl methyl sites for hydroxylation is 1. The Balaban J connectivity index is 2.14. The maximum atomic E-state index is 13.4. The van der Waals surface area contributed by atoms with Gasteiger partial charge in [-0.2, -0.15) is 4.72 Å². The number of hydrogen-bond donors (Lipinski definition) is 2. The van der Waals surface area contributed by atoms with Gasteiger partial charge in [0.25, 0.3) is 0 Å². The number of carbonyl (C=O) groups excluding carboxylic acids is 1. The number of sulfonamides is 1. The lowest BCUT2D eigenvalue weighted by molar-refractivity contribution is -0.123. The van der Waals surface area contributed by atoms with Crippen LogP contribution in [0.15, 0.2) is 45.9 Å². The number of furan rings is 1. The van der Waals surface area contributed by atoms with Crippen molar-refractivity contribution in [2.45, 2.75) is 44.7 Å². The summed E-state index contributed by atoms with van der Waals surface area (Å²) in [4.78, 5) is 12.4. The number of nitrogens with one attached hydrogen (secondary N) is 2. The minimum Gasteiger partial charge on any atom is -0.467 e. The molecule has 1 amide bonds. The third kappa shape index (κ3) is 5.40. The summed E-state index contributed by atoms with van der Waals surface area (Å²) < 4.78 is 46.2. The molecule has 0 unspecified atom stereocenters. The fourth-order valence-corrected chi connectivity index (χ4v) is 3.72. The fraction of sp³-hybridized carbons (Fsp3) is 0.389. The van der Waals surface area contributed by atoms with E-state index >= 15 is 0 Å². The average molecular weight is 382 g/mol. The molecular weight excluding hydrogens is 359 g/mol. The molecule has 0 fully saturated rings. The summed E-state index contributed by atoms with van der Waals surface area (Å²) >= 11 is 0. The van der Waals surface area contributed by atoms with Crippen LogP contribution in [0.5, 0.6) is 0 Å². The highest BCUT2D eigenvalue weighted by molar-refractivity contribution is 7.89. The maximum absolute atomic E-state index is 13.4. The smallest absolute Gasteiger partial charge is 0.241 e. The van der Waals surface area contributed by atoms with Gasteiger partial charge in [-0.05, 0) is 55.2 Å². The predicted molar refractivity (Wildman–Crippen MR) is 95.3 cm³/mol. The molecule has 26 heavy (non-hydrogen) atoms. The number of halogens is 1. The molecule has 0 aliphatic carbocycles. The maximum Gasteiger partial charge on any atom is 0.241 e. The monoisotopic (exact) mass is 382 g/mol. The Bertz CT molecular complexity index is 848. The van der Waals surface area contributed by atoms with Gasteiger partial charge in [0.1, 0.15) is 17.6 Å². The summed E-state index contributed by atoms with van der Waals surface area (Å²) in [5.41, 5.74) is 0.218. The summed E-state index contributed by atoms with van der Waals surface area (Å²) in [6, 6.07) is 5.98. The van der Waals surface area contributed by atoms with Gasteiger partial charge in [0, 0.05) is 0 Å². The molecule has 0 saturated carbocycles. The first-order valence-electron chi connectivity index (χ1n) is 8.27. The van der Waals surface area contributed by atoms with Gasteiger partial charge in [-0.15, -0.1) is 0 Å². The van der Waals surface area contributed by atoms with Crippen LogP contribution in [0, 0.1) is 18.7 Å². The Kier molecular flexibility index (Phi) is 6.55. The zero-order valence-electron chi connectivity index (χ0n) is 15.0. The molecule has 1 aromatic heterocycles. The standard InChI is InChI=1S/C18H23FN2O4S/c1-12(2)9-17(18(22)20-11-14-5-4-8-25-14)21-26(23,24)15-6-7-16(19)13(3)10-15/h4-8,10,12,17,21H,9,11H2,1-3H3,(H,20,22)/t17-/m0/s1. The molecular formula is C18H23FN2O4S. The molecule has 0 bridgehead atoms. The van der Waals surface area contributed by atoms with E-state index in [4.69, 9.17) is 4.42 Å². The third-order valence-electron chi connectivity index (χ3n) is 3.78. The lowest BCUT2D eigenvalue weighted by atomic mass is 10.0. The van der Waals surface area contributed by atoms with E-state index in [2.05, 4.69) is 10.0 Å². The molecule has 1 heterocycles. The van der Waals surface area contributed by atoms with Gasteiger partial charge in [0.15, 0.2) is 0 Å². The van der Waals surface area contributed by atoms with Crippen molar-refractivity contribution >= 4 is 15.9 Å². The molecule has 2 rings (SSSR count). The fourth-order valence-electron chi connectivity index (χ4n) is 2.43. The Morgan fingerprint density at radius 2 is 2.00 bits per heavy atom. The number of amides is 1. The first kappa shape index (κ1) is 20.1. The summed E-state index contributed by atoms with van der Waals surface area (Å²) in [5, 5.41) is 2.67. The number of hydrogen-bond acceptors (Lipinski definition) is 4. The van der Waals surface area contributed by atoms with Crippen LogP contribution < -0.4 is 10.0 Å². The zero-order chi connectivity index (χ0) is 19.3. The van der Waals surface area contributed by atoms with Crippen molar-refractivity contribution in [2.24, 2.45) is 5.92 Å². The van der Waals surface area contributed by atoms with E-state index in [1.165, 1.54) is 25.3 Å². The largest absolute Gasteiger partial charge is 0.467 e. The molecule has 0 aliphatic heterocycles. The molecule has 6 nitrogen and oxygen atoms in total. The minimum absolute atomic E-state index is 0.0796. The van der Waals surface area contributed by atoms with Gasteiger partial charge < -0.3 is 9.73 Å². The van der Waals surface area contributed by atoms with Gasteiger partial charge in [0.2, 0.25) is 15.9 Å². The van der Waals surface area contributed by atoms with Crippen molar-refractivity contribution in [1.82, 2.24) is 10.0 Å². The molecule has 0 saturated heterocycles. The Morgan fingerprint density at radius 1 is 1.27 bits per heavy atom. The van der Waals surface area contributed by atoms with Gasteiger partial charge >= 0.3 is 0 Å². The van der Waals surface area contributed by atoms with Crippen molar-refractivity contribution < 1.29 is 22.0 Å². The van der Waals surface area contributed by atoms with E-state index in [1.54, 1.807) is 12.1 Å². The molecule has 1 atom stereocenters. The van der Waals surface area contributed by atoms with Gasteiger partial charge in [-0.25, -0.2) is 12.8 Å². The molecule has 0 spiro atoms. The number of carbonyl (C=O) groups is 1. The van der Waals surface area contributed by atoms with Crippen molar-refractivity contribution in [2.75, 3.05) is 0 Å². The van der Waals surface area contributed by atoms with Crippen molar-refractivity contribution in [1.29, 1.82) is 0 Å². The van der Waals surface area contributed by atoms with E-state index < -0.39 is 27.8 Å². The minimum atomic E-state index is -3.96. The quantitative estimate of drug-likeness (QED) is 0.735. The number of benzene rings is 1. The second kappa shape index (κ2) is 8.46. The van der Waals surface area contributed by atoms with Crippen molar-refractivity contribution in [3.8, 4) is 0 Å². The molecule has 142 valence electrons. The first-order valence-corrected chi connectivity index (χ1v) is 9.76. The Morgan fingerprint density at radius 3 is 2.58 bits per heavy atom. The van der Waals surface area contributed by atoms with E-state index in [0.717, 1.165) is 6.07 Å². The number of rotatable bonds is 8. The van der Waals surface area contributed by atoms with Crippen LogP contribution in [-0.4, -0.2) is 20.4 Å². The van der Waals surface area contributed by atoms with E-state index in [9.17, 15) is 17.6 Å². The average Bonchev–Trinajstić information content (AvgIpc) is 3.07. The first-order chi connectivity index (χ1) is 12.2. The van der Waals surface area contributed by atoms with Crippen molar-refractivity contribution in [3.05, 3.63) is 53.7 Å². The van der Waals surface area contributed by atoms with Gasteiger partial charge in [-0.1, -0.05) is 13.8 Å². The van der Waals surface area contributed by atoms with Crippen LogP contribution in [0.1, 0.15) is 31.6 Å². The molecule has 2 N–H and O–H groups in total. The molecule has 0 aliphatic rings. The van der Waals surface area contributed by atoms with Crippen LogP contribution in [0.3, 0.4) is 0 Å². The SMILES string of the molecule is Cc1cc(S(=O)(=O)N[C@@H](CC(C)C)C(=O)NCc2ccco2)ccc1F. The Labute approximate surface area is 152 Å². The second-order valence-corrected chi connectivity index (χ2v) is 8.23. The van der Waals surface area contributed by atoms with Crippen LogP contribution >= 0.6 is 0 Å². The summed E-state index contributed by atoms with van der Waals surface area (Å²) in [5.74, 6) is -0.276. The predicted octanol–water partition coefficient (Wildman–Crippen LogP) is 2.74. The van der Waals surface area contributed by atoms with Crippen LogP contribution in [-0.2, 0) is 21.4 Å². The summed E-state index contributed by atoms with van der Waals surface area (Å²) in [7, 11) is -3.96. The zero-order valence-corrected chi connectivity index (χ0v) is 15.8. The highest BCUT2D eigenvalue weighted by Crippen LogP contribution is 2.16. The van der Waals surface area contributed by atoms with E-state index in [-0.39, 0.29) is 22.9 Å². The molecule has 1 aromatic carbocycles. The molecule has 0 radical (unpaired) electrons. The lowest BCUT2D eigenvalue weighted by Crippen LogP contribution is -2.47. The van der Waals surface area contributed by atoms with Gasteiger partial charge in [-0.3, -0.25) is 4.79 Å². The lowest BCUT2D eigenvalue weighted by Gasteiger charge is -2.20. The summed E-state index contributed by atoms with van der Waals surface area (Å²) in [6.07, 6.45) is 1.82. The normalized spacial score (nSPS) is 13.0. The molecule has 2 aromatic rings. The van der Waals surface area contributed by atoms with Crippen LogP contribution in [0.25, 0.3) is 0 Å². The Hall–Kier alpha value is -2.19. The van der Waals surface area contributed by atoms with Crippen LogP contribution in [0.4, 0.5) is 4.39 Å². The van der Waals surface area contributed by atoms with Gasteiger partial charge in [0.05, 0.1) is 17.7 Å². The van der Waals surface area contributed by atoms with Crippen LogP contribution in [0.2, 0.25) is 0 Å². The summed E-state index contributed by atoms with van der Waals surface area (Å²) in [6.45, 7) is 5.43. The highest BCUT2D eigenvalue weighted by Gasteiger charge is 2.26. The van der Waals surface area contributed by atoms with Crippen molar-refractivity contribution in [3.63, 3.8) is 0 Å². The van der Waals surface area contributed by atoms with E-state index in [0.29, 0.717) is 12.2 Å². The third-order valence-corrected chi connectivity index (χ3v) is 5.25. The van der Waals surface area contributed by atoms with E-state index in [1.807, 2.05) is 13.8 Å².